The molecule has 4 heterocycles. The van der Waals surface area contributed by atoms with Crippen molar-refractivity contribution in [2.45, 2.75) is 0 Å². The summed E-state index contributed by atoms with van der Waals surface area (Å²) in [6.45, 7) is -0.273. The zero-order valence-corrected chi connectivity index (χ0v) is 45.4. The smallest absolute Gasteiger partial charge is 0.251 e. The van der Waals surface area contributed by atoms with Gasteiger partial charge in [0, 0.05) is 39.8 Å². The Bertz CT molecular complexity index is 4530. The number of benzene rings is 13. The summed E-state index contributed by atoms with van der Waals surface area (Å²) in [5.74, 6) is 0. The summed E-state index contributed by atoms with van der Waals surface area (Å²) in [4.78, 5) is 7.83. The molecule has 0 saturated heterocycles. The molecule has 13 aromatic carbocycles. The van der Waals surface area contributed by atoms with Crippen LogP contribution in [0, 0.1) is 0 Å². The molecule has 0 aliphatic carbocycles. The molecule has 17 rings (SSSR count). The topological polar surface area (TPSA) is 9.72 Å². The lowest BCUT2D eigenvalue weighted by Gasteiger charge is -2.46. The van der Waals surface area contributed by atoms with E-state index in [0.717, 1.165) is 34.1 Å². The van der Waals surface area contributed by atoms with Gasteiger partial charge >= 0.3 is 0 Å². The van der Waals surface area contributed by atoms with Crippen LogP contribution in [0.25, 0.3) is 66.8 Å². The zero-order valence-electron chi connectivity index (χ0n) is 45.4. The molecule has 4 aliphatic rings. The first-order chi connectivity index (χ1) is 41.2. The van der Waals surface area contributed by atoms with E-state index in [-0.39, 0.29) is 13.4 Å². The van der Waals surface area contributed by atoms with Crippen molar-refractivity contribution in [1.29, 1.82) is 0 Å². The minimum atomic E-state index is -0.174. The van der Waals surface area contributed by atoms with Gasteiger partial charge in [0.2, 0.25) is 6.71 Å². The van der Waals surface area contributed by atoms with Crippen molar-refractivity contribution in [2.75, 3.05) is 14.7 Å². The molecule has 0 unspecified atom stereocenters. The number of rotatable bonds is 10. The summed E-state index contributed by atoms with van der Waals surface area (Å²) < 4.78 is 0. The van der Waals surface area contributed by atoms with Gasteiger partial charge < -0.3 is 14.7 Å². The number of nitrogens with zero attached hydrogens (tertiary/aromatic N) is 3. The first kappa shape index (κ1) is 47.2. The monoisotopic (exact) mass is 1050 g/mol. The van der Waals surface area contributed by atoms with Crippen molar-refractivity contribution in [2.24, 2.45) is 0 Å². The first-order valence-electron chi connectivity index (χ1n) is 28.9. The van der Waals surface area contributed by atoms with Crippen molar-refractivity contribution in [3.05, 3.63) is 309 Å². The second kappa shape index (κ2) is 19.0. The molecule has 0 fully saturated rings. The van der Waals surface area contributed by atoms with Crippen molar-refractivity contribution in [3.63, 3.8) is 0 Å². The Kier molecular flexibility index (Phi) is 10.8. The maximum absolute atomic E-state index is 2.74. The Morgan fingerprint density at radius 3 is 0.988 bits per heavy atom. The number of fused-ring (bicyclic) bond motifs is 10. The van der Waals surface area contributed by atoms with Crippen LogP contribution < -0.4 is 47.5 Å². The van der Waals surface area contributed by atoms with Crippen LogP contribution in [-0.4, -0.2) is 13.4 Å². The molecule has 0 radical (unpaired) electrons. The molecule has 5 heteroatoms. The van der Waals surface area contributed by atoms with Gasteiger partial charge in [-0.15, -0.1) is 0 Å². The minimum absolute atomic E-state index is 0.0996. The lowest BCUT2D eigenvalue weighted by molar-refractivity contribution is 1.22. The Morgan fingerprint density at radius 2 is 0.578 bits per heavy atom. The van der Waals surface area contributed by atoms with Crippen molar-refractivity contribution in [3.8, 4) is 66.8 Å². The maximum atomic E-state index is 2.74. The van der Waals surface area contributed by atoms with Crippen LogP contribution in [0.4, 0.5) is 51.2 Å². The number of hydrogen-bond acceptors (Lipinski definition) is 3. The Labute approximate surface area is 485 Å². The zero-order chi connectivity index (χ0) is 54.5. The average Bonchev–Trinajstić information content (AvgIpc) is 1.65. The van der Waals surface area contributed by atoms with Crippen LogP contribution >= 0.6 is 0 Å². The van der Waals surface area contributed by atoms with E-state index >= 15 is 0 Å². The molecular formula is C78H51B2N3. The van der Waals surface area contributed by atoms with Gasteiger partial charge in [-0.1, -0.05) is 229 Å². The highest BCUT2D eigenvalue weighted by Crippen LogP contribution is 2.53. The van der Waals surface area contributed by atoms with Crippen LogP contribution in [0.5, 0.6) is 0 Å². The molecule has 13 aromatic rings. The molecule has 3 nitrogen and oxygen atoms in total. The molecule has 4 aliphatic heterocycles. The highest BCUT2D eigenvalue weighted by atomic mass is 15.2. The molecule has 0 N–H and O–H groups in total. The summed E-state index contributed by atoms with van der Waals surface area (Å²) in [6.07, 6.45) is 0. The quantitative estimate of drug-likeness (QED) is 0.126. The molecule has 0 aromatic heterocycles. The fourth-order valence-corrected chi connectivity index (χ4v) is 14.3. The van der Waals surface area contributed by atoms with E-state index in [1.165, 1.54) is 117 Å². The largest absolute Gasteiger partial charge is 0.312 e. The highest BCUT2D eigenvalue weighted by molar-refractivity contribution is 7.06. The molecule has 0 amide bonds. The van der Waals surface area contributed by atoms with Gasteiger partial charge in [-0.3, -0.25) is 0 Å². The van der Waals surface area contributed by atoms with E-state index in [1.54, 1.807) is 0 Å². The number of para-hydroxylation sites is 4. The number of hydrogen-bond donors (Lipinski definition) is 0. The third-order valence-corrected chi connectivity index (χ3v) is 17.8. The van der Waals surface area contributed by atoms with Crippen molar-refractivity contribution in [1.82, 2.24) is 0 Å². The number of anilines is 9. The normalized spacial score (nSPS) is 12.5. The van der Waals surface area contributed by atoms with Gasteiger partial charge in [-0.25, -0.2) is 0 Å². The van der Waals surface area contributed by atoms with Gasteiger partial charge in [0.15, 0.2) is 0 Å². The van der Waals surface area contributed by atoms with Crippen LogP contribution in [0.1, 0.15) is 0 Å². The molecule has 0 spiro atoms. The molecule has 384 valence electrons. The average molecular weight is 1050 g/mol. The maximum Gasteiger partial charge on any atom is 0.251 e. The van der Waals surface area contributed by atoms with E-state index in [0.29, 0.717) is 0 Å². The Balaban J connectivity index is 1.08. The second-order valence-corrected chi connectivity index (χ2v) is 22.3. The second-order valence-electron chi connectivity index (χ2n) is 22.3. The van der Waals surface area contributed by atoms with E-state index in [2.05, 4.69) is 324 Å². The van der Waals surface area contributed by atoms with E-state index in [4.69, 9.17) is 0 Å². The third kappa shape index (κ3) is 7.41. The van der Waals surface area contributed by atoms with Gasteiger partial charge in [0.05, 0.1) is 11.4 Å². The molecule has 0 bridgehead atoms. The molecule has 0 atom stereocenters. The van der Waals surface area contributed by atoms with Crippen LogP contribution in [-0.2, 0) is 0 Å². The van der Waals surface area contributed by atoms with Crippen LogP contribution in [0.15, 0.2) is 309 Å². The summed E-state index contributed by atoms with van der Waals surface area (Å²) in [7, 11) is 0. The van der Waals surface area contributed by atoms with Crippen molar-refractivity contribution < 1.29 is 0 Å². The lowest BCUT2D eigenvalue weighted by atomic mass is 9.32. The summed E-state index contributed by atoms with van der Waals surface area (Å²) in [6, 6.07) is 115. The van der Waals surface area contributed by atoms with E-state index < -0.39 is 0 Å². The van der Waals surface area contributed by atoms with Gasteiger partial charge in [0.25, 0.3) is 6.71 Å². The summed E-state index contributed by atoms with van der Waals surface area (Å²) in [5.41, 5.74) is 32.8. The summed E-state index contributed by atoms with van der Waals surface area (Å²) >= 11 is 0. The first-order valence-corrected chi connectivity index (χ1v) is 28.9. The predicted molar refractivity (Wildman–Crippen MR) is 352 cm³/mol. The van der Waals surface area contributed by atoms with Gasteiger partial charge in [-0.05, 0) is 180 Å². The third-order valence-electron chi connectivity index (χ3n) is 17.8. The molecular weight excluding hydrogens is 1000 g/mol. The summed E-state index contributed by atoms with van der Waals surface area (Å²) in [5, 5.41) is 0. The Morgan fingerprint density at radius 1 is 0.241 bits per heavy atom. The fourth-order valence-electron chi connectivity index (χ4n) is 14.3. The van der Waals surface area contributed by atoms with Gasteiger partial charge in [0.1, 0.15) is 0 Å². The van der Waals surface area contributed by atoms with E-state index in [1.807, 2.05) is 0 Å². The van der Waals surface area contributed by atoms with E-state index in [9.17, 15) is 0 Å². The van der Waals surface area contributed by atoms with Crippen molar-refractivity contribution >= 4 is 97.4 Å². The Hall–Kier alpha value is -10.6. The fraction of sp³-hybridized carbons (Fsp3) is 0. The van der Waals surface area contributed by atoms with Crippen LogP contribution in [0.3, 0.4) is 0 Å². The standard InChI is InChI=1S/C78H51B2N3/c1-9-25-52(26-10-1)56-41-43-68-64(45-56)66-47-58(54-29-13-3-14-30-54)49-71-74(66)79(68)70-51-73(81(60-33-17-5-18-34-60)61-35-19-6-20-36-61)78(82(62-37-21-7-22-38-62)63-39-23-8-24-40-63)76-77(70)83(71)72-50-59(55-31-15-4-16-32-55)48-67-65-46-57(53-27-11-2-12-28-53)42-44-69(65)80(76)75(67)72/h1-51H. The molecule has 83 heavy (non-hydrogen) atoms. The molecule has 0 saturated carbocycles. The van der Waals surface area contributed by atoms with Crippen LogP contribution in [0.2, 0.25) is 0 Å². The predicted octanol–water partition coefficient (Wildman–Crippen LogP) is 16.4. The minimum Gasteiger partial charge on any atom is -0.312 e. The SMILES string of the molecule is c1ccc(-c2ccc3c(c2)-c2cc(-c4ccccc4)cc4c2B3c2cc(N(c3ccccc3)c3ccccc3)c(N(c3ccccc3)c3ccccc3)c3c2N4c2cc(-c4ccccc4)cc4c2B3c2ccc(-c3ccccc3)cc2-4)cc1. The highest BCUT2D eigenvalue weighted by Gasteiger charge is 2.52. The lowest BCUT2D eigenvalue weighted by Crippen LogP contribution is -2.63. The van der Waals surface area contributed by atoms with Gasteiger partial charge in [-0.2, -0.15) is 0 Å².